The van der Waals surface area contributed by atoms with Gasteiger partial charge in [-0.25, -0.2) is 13.2 Å². The Balaban J connectivity index is 2.34. The number of carbonyl (C=O) groups excluding carboxylic acids is 1. The number of ether oxygens (including phenoxy) is 1. The molecule has 0 spiro atoms. The number of hydrogen-bond acceptors (Lipinski definition) is 5. The lowest BCUT2D eigenvalue weighted by molar-refractivity contribution is -0.135. The Morgan fingerprint density at radius 1 is 1.19 bits per heavy atom. The van der Waals surface area contributed by atoms with Gasteiger partial charge in [-0.1, -0.05) is 18.2 Å². The number of furan rings is 1. The molecule has 0 bridgehead atoms. The van der Waals surface area contributed by atoms with Crippen LogP contribution in [0.15, 0.2) is 63.6 Å². The van der Waals surface area contributed by atoms with Gasteiger partial charge in [-0.05, 0) is 30.3 Å². The van der Waals surface area contributed by atoms with Crippen molar-refractivity contribution in [1.82, 2.24) is 0 Å². The summed E-state index contributed by atoms with van der Waals surface area (Å²) < 4.78 is 34.4. The average Bonchev–Trinajstić information content (AvgIpc) is 2.99. The highest BCUT2D eigenvalue weighted by Gasteiger charge is 2.21. The lowest BCUT2D eigenvalue weighted by atomic mass is 10.2. The van der Waals surface area contributed by atoms with Crippen molar-refractivity contribution in [2.24, 2.45) is 0 Å². The first-order chi connectivity index (χ1) is 10.0. The first-order valence-electron chi connectivity index (χ1n) is 6.13. The summed E-state index contributed by atoms with van der Waals surface area (Å²) in [5.41, 5.74) is 0.0105. The number of sulfone groups is 1. The molecular weight excluding hydrogens is 292 g/mol. The summed E-state index contributed by atoms with van der Waals surface area (Å²) in [5.74, 6) is -0.769. The summed E-state index contributed by atoms with van der Waals surface area (Å²) in [7, 11) is -2.43. The van der Waals surface area contributed by atoms with Crippen molar-refractivity contribution in [3.8, 4) is 0 Å². The van der Waals surface area contributed by atoms with Crippen LogP contribution in [-0.2, 0) is 19.4 Å². The van der Waals surface area contributed by atoms with Crippen LogP contribution >= 0.6 is 0 Å². The predicted molar refractivity (Wildman–Crippen MR) is 77.2 cm³/mol. The van der Waals surface area contributed by atoms with Gasteiger partial charge in [0.25, 0.3) is 0 Å². The van der Waals surface area contributed by atoms with E-state index >= 15 is 0 Å². The van der Waals surface area contributed by atoms with Gasteiger partial charge in [-0.15, -0.1) is 0 Å². The Morgan fingerprint density at radius 2 is 1.90 bits per heavy atom. The highest BCUT2D eigenvalue weighted by atomic mass is 32.2. The number of rotatable bonds is 5. The standard InChI is InChI=1S/C15H14O5S/c1-19-15(16)12(10-13-6-5-9-20-13)11-21(17,18)14-7-3-2-4-8-14/h2-10H,11H2,1H3/b12-10-. The van der Waals surface area contributed by atoms with Crippen LogP contribution in [0.5, 0.6) is 0 Å². The molecule has 0 atom stereocenters. The van der Waals surface area contributed by atoms with Crippen molar-refractivity contribution in [3.05, 3.63) is 60.1 Å². The van der Waals surface area contributed by atoms with E-state index in [4.69, 9.17) is 4.42 Å². The second-order valence-corrected chi connectivity index (χ2v) is 6.24. The van der Waals surface area contributed by atoms with Crippen LogP contribution in [0.4, 0.5) is 0 Å². The van der Waals surface area contributed by atoms with Crippen molar-refractivity contribution in [3.63, 3.8) is 0 Å². The van der Waals surface area contributed by atoms with Gasteiger partial charge in [0.1, 0.15) is 5.76 Å². The smallest absolute Gasteiger partial charge is 0.334 e. The van der Waals surface area contributed by atoms with Gasteiger partial charge < -0.3 is 9.15 Å². The molecule has 2 rings (SSSR count). The topological polar surface area (TPSA) is 73.6 Å². The number of methoxy groups -OCH3 is 1. The molecule has 0 amide bonds. The molecular formula is C15H14O5S. The first kappa shape index (κ1) is 15.1. The molecule has 0 N–H and O–H groups in total. The fourth-order valence-electron chi connectivity index (χ4n) is 1.75. The first-order valence-corrected chi connectivity index (χ1v) is 7.78. The highest BCUT2D eigenvalue weighted by Crippen LogP contribution is 2.17. The van der Waals surface area contributed by atoms with Gasteiger partial charge in [-0.3, -0.25) is 0 Å². The van der Waals surface area contributed by atoms with Crippen molar-refractivity contribution in [2.45, 2.75) is 4.90 Å². The molecule has 0 fully saturated rings. The van der Waals surface area contributed by atoms with Crippen molar-refractivity contribution in [2.75, 3.05) is 12.9 Å². The zero-order valence-corrected chi connectivity index (χ0v) is 12.2. The Bertz CT molecular complexity index is 728. The second-order valence-electron chi connectivity index (χ2n) is 4.25. The Kier molecular flexibility index (Phi) is 4.59. The second kappa shape index (κ2) is 6.41. The van der Waals surface area contributed by atoms with E-state index in [-0.39, 0.29) is 10.5 Å². The van der Waals surface area contributed by atoms with Crippen LogP contribution in [0.2, 0.25) is 0 Å². The number of carbonyl (C=O) groups is 1. The predicted octanol–water partition coefficient (Wildman–Crippen LogP) is 2.31. The third-order valence-corrected chi connectivity index (χ3v) is 4.44. The summed E-state index contributed by atoms with van der Waals surface area (Å²) in [6.45, 7) is 0. The third-order valence-electron chi connectivity index (χ3n) is 2.76. The number of hydrogen-bond donors (Lipinski definition) is 0. The molecule has 6 heteroatoms. The number of benzene rings is 1. The van der Waals surface area contributed by atoms with Gasteiger partial charge in [0, 0.05) is 0 Å². The van der Waals surface area contributed by atoms with Gasteiger partial charge >= 0.3 is 5.97 Å². The molecule has 0 saturated carbocycles. The molecule has 2 aromatic rings. The van der Waals surface area contributed by atoms with Crippen molar-refractivity contribution < 1.29 is 22.4 Å². The van der Waals surface area contributed by atoms with Gasteiger partial charge in [-0.2, -0.15) is 0 Å². The monoisotopic (exact) mass is 306 g/mol. The van der Waals surface area contributed by atoms with Crippen LogP contribution in [0.25, 0.3) is 6.08 Å². The fourth-order valence-corrected chi connectivity index (χ4v) is 3.10. The molecule has 21 heavy (non-hydrogen) atoms. The molecule has 1 heterocycles. The Labute approximate surface area is 122 Å². The number of esters is 1. The highest BCUT2D eigenvalue weighted by molar-refractivity contribution is 7.91. The van der Waals surface area contributed by atoms with Gasteiger partial charge in [0.15, 0.2) is 9.84 Å². The molecule has 0 radical (unpaired) electrons. The van der Waals surface area contributed by atoms with Crippen molar-refractivity contribution >= 4 is 21.9 Å². The molecule has 0 saturated heterocycles. The fraction of sp³-hybridized carbons (Fsp3) is 0.133. The molecule has 0 aliphatic heterocycles. The zero-order chi connectivity index (χ0) is 15.3. The van der Waals surface area contributed by atoms with Gasteiger partial charge in [0.05, 0.1) is 29.6 Å². The maximum atomic E-state index is 12.3. The van der Waals surface area contributed by atoms with Crippen molar-refractivity contribution in [1.29, 1.82) is 0 Å². The van der Waals surface area contributed by atoms with E-state index in [0.717, 1.165) is 0 Å². The lowest BCUT2D eigenvalue weighted by Gasteiger charge is -2.07. The zero-order valence-electron chi connectivity index (χ0n) is 11.4. The molecule has 110 valence electrons. The summed E-state index contributed by atoms with van der Waals surface area (Å²) in [6.07, 6.45) is 2.80. The van der Waals surface area contributed by atoms with E-state index < -0.39 is 21.6 Å². The molecule has 0 unspecified atom stereocenters. The van der Waals surface area contributed by atoms with Crippen LogP contribution < -0.4 is 0 Å². The average molecular weight is 306 g/mol. The maximum absolute atomic E-state index is 12.3. The minimum atomic E-state index is -3.63. The van der Waals surface area contributed by atoms with Crippen LogP contribution in [-0.4, -0.2) is 27.2 Å². The third kappa shape index (κ3) is 3.82. The minimum absolute atomic E-state index is 0.0105. The van der Waals surface area contributed by atoms with E-state index in [1.807, 2.05) is 0 Å². The molecule has 1 aromatic heterocycles. The molecule has 0 aliphatic carbocycles. The lowest BCUT2D eigenvalue weighted by Crippen LogP contribution is -2.16. The van der Waals surface area contributed by atoms with E-state index in [1.165, 1.54) is 31.6 Å². The van der Waals surface area contributed by atoms with Crippen LogP contribution in [0.3, 0.4) is 0 Å². The quantitative estimate of drug-likeness (QED) is 0.626. The van der Waals surface area contributed by atoms with E-state index in [0.29, 0.717) is 5.76 Å². The molecule has 1 aromatic carbocycles. The summed E-state index contributed by atoms with van der Waals surface area (Å²) >= 11 is 0. The van der Waals surface area contributed by atoms with E-state index in [1.54, 1.807) is 30.3 Å². The largest absolute Gasteiger partial charge is 0.466 e. The van der Waals surface area contributed by atoms with E-state index in [9.17, 15) is 13.2 Å². The summed E-state index contributed by atoms with van der Waals surface area (Å²) in [6, 6.07) is 11.2. The minimum Gasteiger partial charge on any atom is -0.466 e. The SMILES string of the molecule is COC(=O)/C(=C\c1ccco1)CS(=O)(=O)c1ccccc1. The van der Waals surface area contributed by atoms with Crippen LogP contribution in [0, 0.1) is 0 Å². The Morgan fingerprint density at radius 3 is 2.48 bits per heavy atom. The maximum Gasteiger partial charge on any atom is 0.334 e. The van der Waals surface area contributed by atoms with Gasteiger partial charge in [0.2, 0.25) is 0 Å². The molecule has 5 nitrogen and oxygen atoms in total. The normalized spacial score (nSPS) is 12.1. The summed E-state index contributed by atoms with van der Waals surface area (Å²) in [5, 5.41) is 0. The van der Waals surface area contributed by atoms with E-state index in [2.05, 4.69) is 4.74 Å². The Hall–Kier alpha value is -2.34. The molecule has 0 aliphatic rings. The van der Waals surface area contributed by atoms with Crippen LogP contribution in [0.1, 0.15) is 5.76 Å². The summed E-state index contributed by atoms with van der Waals surface area (Å²) in [4.78, 5) is 11.9.